The molecule has 1 aliphatic heterocycles. The summed E-state index contributed by atoms with van der Waals surface area (Å²) < 4.78 is 21.2. The Hall–Kier alpha value is -3.23. The molecule has 0 bridgehead atoms. The number of carbonyl (C=O) groups is 1. The number of methoxy groups -OCH3 is 3. The third-order valence-electron chi connectivity index (χ3n) is 4.83. The second-order valence-electron chi connectivity index (χ2n) is 6.28. The molecule has 1 aromatic heterocycles. The molecule has 4 rings (SSSR count). The molecule has 27 heavy (non-hydrogen) atoms. The standard InChI is InChI=1S/C18H20N4O5/c1-24-12-8-14(26-3)13(25-2)7-9(12)16-15-10(5-4-6-11(15)23)19-17-18(20-16)22-27-21-17/h7-8,16H,4-6H2,1-3H3,(H,19,21)(H,20,22). The van der Waals surface area contributed by atoms with Crippen molar-refractivity contribution in [3.8, 4) is 17.2 Å². The molecular weight excluding hydrogens is 352 g/mol. The van der Waals surface area contributed by atoms with Crippen molar-refractivity contribution in [2.45, 2.75) is 25.3 Å². The van der Waals surface area contributed by atoms with Crippen LogP contribution in [-0.2, 0) is 4.79 Å². The van der Waals surface area contributed by atoms with Crippen molar-refractivity contribution in [1.29, 1.82) is 0 Å². The minimum atomic E-state index is -0.497. The van der Waals surface area contributed by atoms with Gasteiger partial charge in [0, 0.05) is 29.3 Å². The van der Waals surface area contributed by atoms with Crippen LogP contribution in [0.1, 0.15) is 30.9 Å². The third-order valence-corrected chi connectivity index (χ3v) is 4.83. The van der Waals surface area contributed by atoms with Crippen molar-refractivity contribution in [3.05, 3.63) is 29.0 Å². The zero-order valence-corrected chi connectivity index (χ0v) is 15.3. The first-order chi connectivity index (χ1) is 13.2. The Labute approximate surface area is 155 Å². The second-order valence-corrected chi connectivity index (χ2v) is 6.28. The van der Waals surface area contributed by atoms with E-state index < -0.39 is 6.04 Å². The van der Waals surface area contributed by atoms with E-state index in [9.17, 15) is 4.79 Å². The van der Waals surface area contributed by atoms with Crippen molar-refractivity contribution in [2.75, 3.05) is 32.0 Å². The SMILES string of the molecule is COc1cc(OC)c(C2Nc3nonc3NC3=C2C(=O)CCC3)cc1OC. The third kappa shape index (κ3) is 2.84. The predicted molar refractivity (Wildman–Crippen MR) is 96.3 cm³/mol. The quantitative estimate of drug-likeness (QED) is 0.837. The molecule has 0 amide bonds. The maximum absolute atomic E-state index is 12.8. The molecule has 1 aromatic carbocycles. The van der Waals surface area contributed by atoms with Crippen LogP contribution in [0.25, 0.3) is 0 Å². The number of fused-ring (bicyclic) bond motifs is 1. The van der Waals surface area contributed by atoms with Gasteiger partial charge in [-0.25, -0.2) is 4.63 Å². The topological polar surface area (TPSA) is 108 Å². The van der Waals surface area contributed by atoms with E-state index in [1.54, 1.807) is 33.5 Å². The van der Waals surface area contributed by atoms with Gasteiger partial charge in [0.05, 0.1) is 27.4 Å². The first-order valence-corrected chi connectivity index (χ1v) is 8.58. The fourth-order valence-corrected chi connectivity index (χ4v) is 3.56. The fraction of sp³-hybridized carbons (Fsp3) is 0.389. The van der Waals surface area contributed by atoms with Gasteiger partial charge < -0.3 is 24.8 Å². The van der Waals surface area contributed by atoms with Gasteiger partial charge >= 0.3 is 0 Å². The highest BCUT2D eigenvalue weighted by molar-refractivity contribution is 6.00. The minimum Gasteiger partial charge on any atom is -0.496 e. The van der Waals surface area contributed by atoms with E-state index in [4.69, 9.17) is 18.8 Å². The zero-order valence-electron chi connectivity index (χ0n) is 15.3. The molecule has 0 fully saturated rings. The highest BCUT2D eigenvalue weighted by atomic mass is 16.6. The number of benzene rings is 1. The van der Waals surface area contributed by atoms with E-state index in [2.05, 4.69) is 20.9 Å². The van der Waals surface area contributed by atoms with Gasteiger partial charge in [0.1, 0.15) is 5.75 Å². The van der Waals surface area contributed by atoms with Gasteiger partial charge in [-0.15, -0.1) is 0 Å². The number of Topliss-reactive ketones (excluding diaryl/α,β-unsaturated/α-hetero) is 1. The molecule has 1 aliphatic carbocycles. The summed E-state index contributed by atoms with van der Waals surface area (Å²) in [5.74, 6) is 2.60. The number of ketones is 1. The van der Waals surface area contributed by atoms with E-state index in [-0.39, 0.29) is 5.78 Å². The molecule has 9 nitrogen and oxygen atoms in total. The van der Waals surface area contributed by atoms with E-state index in [1.165, 1.54) is 0 Å². The lowest BCUT2D eigenvalue weighted by molar-refractivity contribution is -0.116. The normalized spacial score (nSPS) is 18.6. The van der Waals surface area contributed by atoms with Gasteiger partial charge in [0.15, 0.2) is 17.3 Å². The largest absolute Gasteiger partial charge is 0.496 e. The summed E-state index contributed by atoms with van der Waals surface area (Å²) in [5.41, 5.74) is 2.19. The number of anilines is 2. The number of rotatable bonds is 4. The minimum absolute atomic E-state index is 0.0696. The Morgan fingerprint density at radius 3 is 2.44 bits per heavy atom. The summed E-state index contributed by atoms with van der Waals surface area (Å²) in [6.07, 6.45) is 2.01. The molecule has 0 saturated carbocycles. The van der Waals surface area contributed by atoms with Crippen molar-refractivity contribution >= 4 is 17.4 Å². The molecule has 0 radical (unpaired) electrons. The van der Waals surface area contributed by atoms with Crippen LogP contribution in [-0.4, -0.2) is 37.4 Å². The Kier molecular flexibility index (Phi) is 4.35. The maximum Gasteiger partial charge on any atom is 0.219 e. The highest BCUT2D eigenvalue weighted by Gasteiger charge is 2.35. The van der Waals surface area contributed by atoms with Crippen molar-refractivity contribution < 1.29 is 23.6 Å². The number of nitrogens with one attached hydrogen (secondary N) is 2. The number of carbonyl (C=O) groups excluding carboxylic acids is 1. The second kappa shape index (κ2) is 6.82. The number of allylic oxidation sites excluding steroid dienone is 1. The summed E-state index contributed by atoms with van der Waals surface area (Å²) in [6.45, 7) is 0. The molecule has 0 spiro atoms. The van der Waals surface area contributed by atoms with E-state index in [0.717, 1.165) is 24.1 Å². The van der Waals surface area contributed by atoms with Crippen molar-refractivity contribution in [2.24, 2.45) is 0 Å². The molecule has 1 atom stereocenters. The van der Waals surface area contributed by atoms with Crippen LogP contribution >= 0.6 is 0 Å². The Bertz CT molecular complexity index is 920. The van der Waals surface area contributed by atoms with Gasteiger partial charge in [0.2, 0.25) is 11.6 Å². The van der Waals surface area contributed by atoms with Crippen LogP contribution < -0.4 is 24.8 Å². The van der Waals surface area contributed by atoms with Crippen LogP contribution in [0.3, 0.4) is 0 Å². The van der Waals surface area contributed by atoms with E-state index in [1.807, 2.05) is 0 Å². The Morgan fingerprint density at radius 2 is 1.70 bits per heavy atom. The molecular formula is C18H20N4O5. The Balaban J connectivity index is 1.91. The predicted octanol–water partition coefficient (Wildman–Crippen LogP) is 2.68. The summed E-state index contributed by atoms with van der Waals surface area (Å²) in [6, 6.07) is 3.05. The first-order valence-electron chi connectivity index (χ1n) is 8.58. The summed E-state index contributed by atoms with van der Waals surface area (Å²) in [5, 5.41) is 14.3. The number of ether oxygens (including phenoxy) is 3. The first kappa shape index (κ1) is 17.2. The fourth-order valence-electron chi connectivity index (χ4n) is 3.56. The van der Waals surface area contributed by atoms with Gasteiger partial charge in [0.25, 0.3) is 0 Å². The van der Waals surface area contributed by atoms with Crippen molar-refractivity contribution in [1.82, 2.24) is 10.3 Å². The van der Waals surface area contributed by atoms with Crippen LogP contribution in [0, 0.1) is 0 Å². The lowest BCUT2D eigenvalue weighted by Gasteiger charge is -2.26. The molecule has 2 aliphatic rings. The average Bonchev–Trinajstić information content (AvgIpc) is 3.05. The van der Waals surface area contributed by atoms with E-state index in [0.29, 0.717) is 40.9 Å². The summed E-state index contributed by atoms with van der Waals surface area (Å²) in [7, 11) is 4.69. The molecule has 9 heteroatoms. The molecule has 142 valence electrons. The number of aromatic nitrogens is 2. The van der Waals surface area contributed by atoms with Gasteiger partial charge in [-0.2, -0.15) is 0 Å². The number of hydrogen-bond donors (Lipinski definition) is 2. The van der Waals surface area contributed by atoms with Crippen LogP contribution in [0.2, 0.25) is 0 Å². The smallest absolute Gasteiger partial charge is 0.219 e. The maximum atomic E-state index is 12.8. The van der Waals surface area contributed by atoms with Crippen LogP contribution in [0.4, 0.5) is 11.6 Å². The molecule has 2 heterocycles. The summed E-state index contributed by atoms with van der Waals surface area (Å²) >= 11 is 0. The molecule has 0 saturated heterocycles. The van der Waals surface area contributed by atoms with Gasteiger partial charge in [-0.1, -0.05) is 0 Å². The average molecular weight is 372 g/mol. The van der Waals surface area contributed by atoms with Crippen LogP contribution in [0.5, 0.6) is 17.2 Å². The monoisotopic (exact) mass is 372 g/mol. The highest BCUT2D eigenvalue weighted by Crippen LogP contribution is 2.45. The zero-order chi connectivity index (χ0) is 19.0. The molecule has 1 unspecified atom stereocenters. The van der Waals surface area contributed by atoms with Crippen molar-refractivity contribution in [3.63, 3.8) is 0 Å². The number of nitrogens with zero attached hydrogens (tertiary/aromatic N) is 2. The number of hydrogen-bond acceptors (Lipinski definition) is 9. The lowest BCUT2D eigenvalue weighted by Crippen LogP contribution is -2.24. The summed E-state index contributed by atoms with van der Waals surface area (Å²) in [4.78, 5) is 12.8. The lowest BCUT2D eigenvalue weighted by atomic mass is 9.86. The van der Waals surface area contributed by atoms with E-state index >= 15 is 0 Å². The van der Waals surface area contributed by atoms with Crippen LogP contribution in [0.15, 0.2) is 28.0 Å². The van der Waals surface area contributed by atoms with Gasteiger partial charge in [-0.05, 0) is 29.2 Å². The molecule has 2 aromatic rings. The van der Waals surface area contributed by atoms with Gasteiger partial charge in [-0.3, -0.25) is 4.79 Å². The molecule has 2 N–H and O–H groups in total. The Morgan fingerprint density at radius 1 is 1.00 bits per heavy atom.